The molecule has 13 heteroatoms. The summed E-state index contributed by atoms with van der Waals surface area (Å²) in [6.07, 6.45) is -6.41. The molecule has 0 unspecified atom stereocenters. The maximum atomic E-state index is 12.9. The number of halogens is 6. The fraction of sp³-hybridized carbons (Fsp3) is 0.440. The molecule has 0 aromatic heterocycles. The van der Waals surface area contributed by atoms with Crippen molar-refractivity contribution in [3.63, 3.8) is 0 Å². The number of rotatable bonds is 9. The summed E-state index contributed by atoms with van der Waals surface area (Å²) in [5, 5.41) is 7.65. The van der Waals surface area contributed by atoms with E-state index in [2.05, 4.69) is 20.9 Å². The standard InChI is InChI=1S/C25H29F6N5O2/c26-24(27,28)18-4-8-20(9-5-18)33-22(37)32-12-3-15-36(17-16-35-13-1-2-14-35)23(38)34-21-10-6-19(7-11-21)25(29,30)31/h4-11H,1-3,12-17H2,(H,34,38)(H2,32,33,37). The monoisotopic (exact) mass is 545 g/mol. The van der Waals surface area contributed by atoms with Crippen LogP contribution < -0.4 is 16.0 Å². The van der Waals surface area contributed by atoms with Crippen LogP contribution in [-0.4, -0.2) is 61.1 Å². The highest BCUT2D eigenvalue weighted by Crippen LogP contribution is 2.30. The van der Waals surface area contributed by atoms with E-state index in [1.807, 2.05) is 0 Å². The van der Waals surface area contributed by atoms with E-state index in [1.165, 1.54) is 17.0 Å². The fourth-order valence-corrected chi connectivity index (χ4v) is 3.92. The molecule has 1 fully saturated rings. The highest BCUT2D eigenvalue weighted by atomic mass is 19.4. The number of hydrogen-bond acceptors (Lipinski definition) is 3. The predicted octanol–water partition coefficient (Wildman–Crippen LogP) is 5.87. The summed E-state index contributed by atoms with van der Waals surface area (Å²) in [6.45, 7) is 3.34. The van der Waals surface area contributed by atoms with Crippen molar-refractivity contribution in [3.8, 4) is 0 Å². The molecule has 0 bridgehead atoms. The van der Waals surface area contributed by atoms with E-state index in [0.29, 0.717) is 19.5 Å². The van der Waals surface area contributed by atoms with Crippen LogP contribution in [0.4, 0.5) is 47.3 Å². The summed E-state index contributed by atoms with van der Waals surface area (Å²) in [4.78, 5) is 28.7. The number of nitrogens with zero attached hydrogens (tertiary/aromatic N) is 2. The first-order chi connectivity index (χ1) is 17.9. The van der Waals surface area contributed by atoms with Crippen molar-refractivity contribution < 1.29 is 35.9 Å². The first-order valence-electron chi connectivity index (χ1n) is 12.1. The maximum absolute atomic E-state index is 12.9. The second-order valence-corrected chi connectivity index (χ2v) is 8.85. The number of likely N-dealkylation sites (tertiary alicyclic amines) is 1. The van der Waals surface area contributed by atoms with Crippen LogP contribution in [-0.2, 0) is 12.4 Å². The number of hydrogen-bond donors (Lipinski definition) is 3. The summed E-state index contributed by atoms with van der Waals surface area (Å²) >= 11 is 0. The lowest BCUT2D eigenvalue weighted by molar-refractivity contribution is -0.138. The smallest absolute Gasteiger partial charge is 0.338 e. The van der Waals surface area contributed by atoms with Crippen LogP contribution in [0.5, 0.6) is 0 Å². The number of anilines is 2. The number of benzene rings is 2. The van der Waals surface area contributed by atoms with E-state index >= 15 is 0 Å². The Morgan fingerprint density at radius 3 is 1.76 bits per heavy atom. The molecule has 38 heavy (non-hydrogen) atoms. The van der Waals surface area contributed by atoms with E-state index in [-0.39, 0.29) is 24.5 Å². The Hall–Kier alpha value is -3.48. The molecule has 1 heterocycles. The Bertz CT molecular complexity index is 1050. The third-order valence-corrected chi connectivity index (χ3v) is 6.00. The summed E-state index contributed by atoms with van der Waals surface area (Å²) in [5.74, 6) is 0. The zero-order valence-corrected chi connectivity index (χ0v) is 20.5. The Kier molecular flexibility index (Phi) is 9.84. The van der Waals surface area contributed by atoms with Gasteiger partial charge in [-0.25, -0.2) is 9.59 Å². The minimum atomic E-state index is -4.48. The molecule has 2 aromatic carbocycles. The number of carbonyl (C=O) groups is 2. The van der Waals surface area contributed by atoms with Crippen molar-refractivity contribution in [3.05, 3.63) is 59.7 Å². The van der Waals surface area contributed by atoms with Crippen molar-refractivity contribution in [2.75, 3.05) is 49.9 Å². The Labute approximate surface area is 216 Å². The molecule has 3 N–H and O–H groups in total. The predicted molar refractivity (Wildman–Crippen MR) is 131 cm³/mol. The van der Waals surface area contributed by atoms with Crippen molar-refractivity contribution in [2.24, 2.45) is 0 Å². The summed E-state index contributed by atoms with van der Waals surface area (Å²) in [7, 11) is 0. The lowest BCUT2D eigenvalue weighted by Crippen LogP contribution is -2.42. The SMILES string of the molecule is O=C(NCCCN(CCN1CCCC1)C(=O)Nc1ccc(C(F)(F)F)cc1)Nc1ccc(C(F)(F)F)cc1. The molecule has 2 aromatic rings. The quantitative estimate of drug-likeness (QED) is 0.273. The average molecular weight is 546 g/mol. The van der Waals surface area contributed by atoms with Crippen molar-refractivity contribution in [1.82, 2.24) is 15.1 Å². The molecule has 1 saturated heterocycles. The van der Waals surface area contributed by atoms with Crippen LogP contribution in [0.2, 0.25) is 0 Å². The first-order valence-corrected chi connectivity index (χ1v) is 12.1. The van der Waals surface area contributed by atoms with Gasteiger partial charge in [-0.15, -0.1) is 0 Å². The lowest BCUT2D eigenvalue weighted by atomic mass is 10.2. The molecule has 0 saturated carbocycles. The molecule has 0 spiro atoms. The first kappa shape index (κ1) is 29.1. The second-order valence-electron chi connectivity index (χ2n) is 8.85. The number of carbonyl (C=O) groups excluding carboxylic acids is 2. The summed E-state index contributed by atoms with van der Waals surface area (Å²) < 4.78 is 76.4. The zero-order chi connectivity index (χ0) is 27.8. The fourth-order valence-electron chi connectivity index (χ4n) is 3.92. The van der Waals surface area contributed by atoms with Gasteiger partial charge in [-0.1, -0.05) is 0 Å². The van der Waals surface area contributed by atoms with Gasteiger partial charge in [-0.3, -0.25) is 0 Å². The molecular formula is C25H29F6N5O2. The molecule has 1 aliphatic rings. The second kappa shape index (κ2) is 12.9. The molecule has 0 atom stereocenters. The highest BCUT2D eigenvalue weighted by Gasteiger charge is 2.31. The molecule has 0 radical (unpaired) electrons. The van der Waals surface area contributed by atoms with Gasteiger partial charge < -0.3 is 25.8 Å². The normalized spacial score (nSPS) is 14.3. The van der Waals surface area contributed by atoms with E-state index in [0.717, 1.165) is 62.3 Å². The van der Waals surface area contributed by atoms with Gasteiger partial charge in [0.15, 0.2) is 0 Å². The number of nitrogens with one attached hydrogen (secondary N) is 3. The van der Waals surface area contributed by atoms with Crippen LogP contribution >= 0.6 is 0 Å². The molecule has 7 nitrogen and oxygen atoms in total. The van der Waals surface area contributed by atoms with E-state index in [1.54, 1.807) is 0 Å². The Morgan fingerprint density at radius 2 is 1.26 bits per heavy atom. The number of alkyl halides is 6. The molecule has 208 valence electrons. The van der Waals surface area contributed by atoms with Crippen molar-refractivity contribution >= 4 is 23.4 Å². The van der Waals surface area contributed by atoms with Gasteiger partial charge in [-0.05, 0) is 80.9 Å². The van der Waals surface area contributed by atoms with Crippen molar-refractivity contribution in [1.29, 1.82) is 0 Å². The van der Waals surface area contributed by atoms with E-state index < -0.39 is 35.5 Å². The molecular weight excluding hydrogens is 516 g/mol. The third-order valence-electron chi connectivity index (χ3n) is 6.00. The summed E-state index contributed by atoms with van der Waals surface area (Å²) in [5.41, 5.74) is -1.23. The minimum absolute atomic E-state index is 0.181. The van der Waals surface area contributed by atoms with Crippen LogP contribution in [0.3, 0.4) is 0 Å². The zero-order valence-electron chi connectivity index (χ0n) is 20.5. The van der Waals surface area contributed by atoms with Gasteiger partial charge in [0.1, 0.15) is 0 Å². The average Bonchev–Trinajstić information content (AvgIpc) is 3.37. The van der Waals surface area contributed by atoms with E-state index in [4.69, 9.17) is 0 Å². The molecule has 0 aliphatic carbocycles. The Balaban J connectivity index is 1.49. The molecule has 3 rings (SSSR count). The van der Waals surface area contributed by atoms with Crippen LogP contribution in [0.15, 0.2) is 48.5 Å². The summed E-state index contributed by atoms with van der Waals surface area (Å²) in [6, 6.07) is 7.10. The lowest BCUT2D eigenvalue weighted by Gasteiger charge is -2.26. The number of amides is 4. The van der Waals surface area contributed by atoms with Gasteiger partial charge in [0.05, 0.1) is 11.1 Å². The van der Waals surface area contributed by atoms with Gasteiger partial charge in [0.25, 0.3) is 0 Å². The molecule has 4 amide bonds. The Morgan fingerprint density at radius 1 is 0.763 bits per heavy atom. The van der Waals surface area contributed by atoms with Crippen molar-refractivity contribution in [2.45, 2.75) is 31.6 Å². The highest BCUT2D eigenvalue weighted by molar-refractivity contribution is 5.90. The topological polar surface area (TPSA) is 76.7 Å². The van der Waals surface area contributed by atoms with E-state index in [9.17, 15) is 35.9 Å². The van der Waals surface area contributed by atoms with Gasteiger partial charge in [0.2, 0.25) is 0 Å². The van der Waals surface area contributed by atoms with Gasteiger partial charge >= 0.3 is 24.4 Å². The minimum Gasteiger partial charge on any atom is -0.338 e. The van der Waals surface area contributed by atoms with Crippen LogP contribution in [0.1, 0.15) is 30.4 Å². The van der Waals surface area contributed by atoms with Gasteiger partial charge in [-0.2, -0.15) is 26.3 Å². The van der Waals surface area contributed by atoms with Crippen LogP contribution in [0.25, 0.3) is 0 Å². The maximum Gasteiger partial charge on any atom is 0.416 e. The molecule has 1 aliphatic heterocycles. The third kappa shape index (κ3) is 9.12. The van der Waals surface area contributed by atoms with Crippen LogP contribution in [0, 0.1) is 0 Å². The number of urea groups is 2. The largest absolute Gasteiger partial charge is 0.416 e. The van der Waals surface area contributed by atoms with Gasteiger partial charge in [0, 0.05) is 37.6 Å².